The van der Waals surface area contributed by atoms with Crippen LogP contribution >= 0.6 is 11.3 Å². The van der Waals surface area contributed by atoms with Gasteiger partial charge in [0.15, 0.2) is 5.13 Å². The van der Waals surface area contributed by atoms with Gasteiger partial charge in [-0.15, -0.1) is 11.3 Å². The molecule has 3 amide bonds. The maximum Gasteiger partial charge on any atom is 0.242 e. The molecule has 1 aliphatic rings. The van der Waals surface area contributed by atoms with Gasteiger partial charge in [0.25, 0.3) is 0 Å². The zero-order valence-electron chi connectivity index (χ0n) is 13.6. The summed E-state index contributed by atoms with van der Waals surface area (Å²) in [4.78, 5) is 41.8. The van der Waals surface area contributed by atoms with Crippen LogP contribution in [0.2, 0.25) is 0 Å². The molecule has 0 aromatic carbocycles. The molecule has 7 nitrogen and oxygen atoms in total. The van der Waals surface area contributed by atoms with Gasteiger partial charge in [0.1, 0.15) is 6.04 Å². The fourth-order valence-electron chi connectivity index (χ4n) is 2.37. The van der Waals surface area contributed by atoms with Gasteiger partial charge in [-0.3, -0.25) is 14.4 Å². The Labute approximate surface area is 139 Å². The van der Waals surface area contributed by atoms with E-state index in [1.165, 1.54) is 11.3 Å². The SMILES string of the molecule is CCC1C(=O)NCCN1C(=O)Cc1csc(NC(=O)C(C)C)n1. The lowest BCUT2D eigenvalue weighted by molar-refractivity contribution is -0.142. The predicted octanol–water partition coefficient (Wildman–Crippen LogP) is 1.02. The minimum Gasteiger partial charge on any atom is -0.353 e. The molecule has 1 atom stereocenters. The van der Waals surface area contributed by atoms with Crippen molar-refractivity contribution in [2.75, 3.05) is 18.4 Å². The molecule has 0 saturated carbocycles. The van der Waals surface area contributed by atoms with Crippen LogP contribution in [0.1, 0.15) is 32.9 Å². The second kappa shape index (κ2) is 7.54. The normalized spacial score (nSPS) is 18.0. The van der Waals surface area contributed by atoms with Crippen LogP contribution in [-0.4, -0.2) is 46.7 Å². The minimum atomic E-state index is -0.407. The van der Waals surface area contributed by atoms with Crippen LogP contribution in [0.5, 0.6) is 0 Å². The van der Waals surface area contributed by atoms with Crippen molar-refractivity contribution < 1.29 is 14.4 Å². The van der Waals surface area contributed by atoms with E-state index in [0.29, 0.717) is 30.3 Å². The van der Waals surface area contributed by atoms with Gasteiger partial charge in [-0.25, -0.2) is 4.98 Å². The number of carbonyl (C=O) groups is 3. The van der Waals surface area contributed by atoms with Crippen molar-refractivity contribution in [2.45, 2.75) is 39.7 Å². The zero-order chi connectivity index (χ0) is 17.0. The smallest absolute Gasteiger partial charge is 0.242 e. The van der Waals surface area contributed by atoms with Crippen LogP contribution in [0.25, 0.3) is 0 Å². The standard InChI is InChI=1S/C15H22N4O3S/c1-4-11-14(22)16-5-6-19(11)12(20)7-10-8-23-15(17-10)18-13(21)9(2)3/h8-9,11H,4-7H2,1-3H3,(H,16,22)(H,17,18,21). The van der Waals surface area contributed by atoms with Gasteiger partial charge >= 0.3 is 0 Å². The van der Waals surface area contributed by atoms with Crippen LogP contribution < -0.4 is 10.6 Å². The lowest BCUT2D eigenvalue weighted by atomic mass is 10.1. The Morgan fingerprint density at radius 1 is 1.52 bits per heavy atom. The quantitative estimate of drug-likeness (QED) is 0.838. The molecule has 1 saturated heterocycles. The Bertz CT molecular complexity index is 599. The van der Waals surface area contributed by atoms with Gasteiger partial charge in [0, 0.05) is 24.4 Å². The number of nitrogens with one attached hydrogen (secondary N) is 2. The highest BCUT2D eigenvalue weighted by atomic mass is 32.1. The zero-order valence-corrected chi connectivity index (χ0v) is 14.4. The number of hydrogen-bond donors (Lipinski definition) is 2. The third-order valence-corrected chi connectivity index (χ3v) is 4.48. The molecule has 1 unspecified atom stereocenters. The number of carbonyl (C=O) groups excluding carboxylic acids is 3. The number of thiazole rings is 1. The van der Waals surface area contributed by atoms with Gasteiger partial charge in [0.2, 0.25) is 17.7 Å². The van der Waals surface area contributed by atoms with Crippen LogP contribution in [0.15, 0.2) is 5.38 Å². The Hall–Kier alpha value is -1.96. The number of nitrogens with zero attached hydrogens (tertiary/aromatic N) is 2. The average Bonchev–Trinajstić information content (AvgIpc) is 2.93. The van der Waals surface area contributed by atoms with Crippen LogP contribution in [0, 0.1) is 5.92 Å². The summed E-state index contributed by atoms with van der Waals surface area (Å²) in [5, 5.41) is 7.75. The Balaban J connectivity index is 1.99. The van der Waals surface area contributed by atoms with Crippen molar-refractivity contribution in [3.05, 3.63) is 11.1 Å². The Kier molecular flexibility index (Phi) is 5.70. The highest BCUT2D eigenvalue weighted by molar-refractivity contribution is 7.13. The molecule has 0 bridgehead atoms. The summed E-state index contributed by atoms with van der Waals surface area (Å²) < 4.78 is 0. The monoisotopic (exact) mass is 338 g/mol. The van der Waals surface area contributed by atoms with Gasteiger partial charge in [-0.1, -0.05) is 20.8 Å². The molecule has 126 valence electrons. The summed E-state index contributed by atoms with van der Waals surface area (Å²) in [7, 11) is 0. The average molecular weight is 338 g/mol. The van der Waals surface area contributed by atoms with Gasteiger partial charge in [-0.2, -0.15) is 0 Å². The fourth-order valence-corrected chi connectivity index (χ4v) is 3.08. The summed E-state index contributed by atoms with van der Waals surface area (Å²) >= 11 is 1.30. The Morgan fingerprint density at radius 3 is 2.91 bits per heavy atom. The van der Waals surface area contributed by atoms with Crippen LogP contribution in [-0.2, 0) is 20.8 Å². The van der Waals surface area contributed by atoms with E-state index in [4.69, 9.17) is 0 Å². The van der Waals surface area contributed by atoms with Crippen LogP contribution in [0.4, 0.5) is 5.13 Å². The van der Waals surface area contributed by atoms with Gasteiger partial charge in [0.05, 0.1) is 12.1 Å². The second-order valence-corrected chi connectivity index (χ2v) is 6.63. The van der Waals surface area contributed by atoms with Crippen molar-refractivity contribution in [3.8, 4) is 0 Å². The molecule has 2 rings (SSSR count). The molecule has 0 radical (unpaired) electrons. The third kappa shape index (κ3) is 4.28. The number of aromatic nitrogens is 1. The van der Waals surface area contributed by atoms with E-state index in [2.05, 4.69) is 15.6 Å². The molecule has 1 aromatic heterocycles. The van der Waals surface area contributed by atoms with E-state index in [-0.39, 0.29) is 30.1 Å². The summed E-state index contributed by atoms with van der Waals surface area (Å²) in [6.07, 6.45) is 0.724. The number of piperazine rings is 1. The number of hydrogen-bond acceptors (Lipinski definition) is 5. The summed E-state index contributed by atoms with van der Waals surface area (Å²) in [5.41, 5.74) is 0.611. The molecule has 23 heavy (non-hydrogen) atoms. The summed E-state index contributed by atoms with van der Waals surface area (Å²) in [5.74, 6) is -0.439. The molecule has 2 N–H and O–H groups in total. The molecular weight excluding hydrogens is 316 g/mol. The van der Waals surface area contributed by atoms with Crippen molar-refractivity contribution in [1.82, 2.24) is 15.2 Å². The third-order valence-electron chi connectivity index (χ3n) is 3.68. The number of anilines is 1. The highest BCUT2D eigenvalue weighted by Gasteiger charge is 2.31. The van der Waals surface area contributed by atoms with Crippen molar-refractivity contribution in [2.24, 2.45) is 5.92 Å². The van der Waals surface area contributed by atoms with Crippen LogP contribution in [0.3, 0.4) is 0 Å². The molecule has 0 spiro atoms. The van der Waals surface area contributed by atoms with E-state index in [1.54, 1.807) is 24.1 Å². The first-order valence-electron chi connectivity index (χ1n) is 7.74. The lowest BCUT2D eigenvalue weighted by Gasteiger charge is -2.34. The lowest BCUT2D eigenvalue weighted by Crippen LogP contribution is -2.57. The molecular formula is C15H22N4O3S. The van der Waals surface area contributed by atoms with E-state index < -0.39 is 6.04 Å². The van der Waals surface area contributed by atoms with E-state index >= 15 is 0 Å². The first-order chi connectivity index (χ1) is 10.9. The molecule has 0 aliphatic carbocycles. The summed E-state index contributed by atoms with van der Waals surface area (Å²) in [6.45, 7) is 6.50. The van der Waals surface area contributed by atoms with Crippen molar-refractivity contribution in [3.63, 3.8) is 0 Å². The molecule has 1 aromatic rings. The molecule has 8 heteroatoms. The number of rotatable bonds is 5. The maximum absolute atomic E-state index is 12.4. The fraction of sp³-hybridized carbons (Fsp3) is 0.600. The molecule has 1 fully saturated rings. The highest BCUT2D eigenvalue weighted by Crippen LogP contribution is 2.18. The molecule has 2 heterocycles. The van der Waals surface area contributed by atoms with Crippen molar-refractivity contribution >= 4 is 34.2 Å². The van der Waals surface area contributed by atoms with E-state index in [1.807, 2.05) is 6.92 Å². The first kappa shape index (κ1) is 17.4. The Morgan fingerprint density at radius 2 is 2.26 bits per heavy atom. The van der Waals surface area contributed by atoms with Gasteiger partial charge < -0.3 is 15.5 Å². The van der Waals surface area contributed by atoms with Gasteiger partial charge in [-0.05, 0) is 6.42 Å². The second-order valence-electron chi connectivity index (χ2n) is 5.77. The topological polar surface area (TPSA) is 91.4 Å². The number of amides is 3. The predicted molar refractivity (Wildman–Crippen MR) is 88.1 cm³/mol. The summed E-state index contributed by atoms with van der Waals surface area (Å²) in [6, 6.07) is -0.407. The van der Waals surface area contributed by atoms with E-state index in [9.17, 15) is 14.4 Å². The first-order valence-corrected chi connectivity index (χ1v) is 8.62. The van der Waals surface area contributed by atoms with Crippen molar-refractivity contribution in [1.29, 1.82) is 0 Å². The van der Waals surface area contributed by atoms with E-state index in [0.717, 1.165) is 0 Å². The minimum absolute atomic E-state index is 0.101. The maximum atomic E-state index is 12.4. The molecule has 1 aliphatic heterocycles. The largest absolute Gasteiger partial charge is 0.353 e.